The maximum absolute atomic E-state index is 11.4. The molecule has 2 heterocycles. The van der Waals surface area contributed by atoms with Crippen molar-refractivity contribution < 1.29 is 9.90 Å². The lowest BCUT2D eigenvalue weighted by Crippen LogP contribution is -2.08. The molecule has 4 nitrogen and oxygen atoms in total. The molecule has 2 aromatic heterocycles. The summed E-state index contributed by atoms with van der Waals surface area (Å²) in [5.74, 6) is -0.348. The Kier molecular flexibility index (Phi) is 3.97. The number of rotatable bonds is 4. The summed E-state index contributed by atoms with van der Waals surface area (Å²) in [5, 5.41) is 10.5. The monoisotopic (exact) mass is 368 g/mol. The van der Waals surface area contributed by atoms with E-state index in [1.165, 1.54) is 30.2 Å². The van der Waals surface area contributed by atoms with Gasteiger partial charge in [0.25, 0.3) is 0 Å². The molecule has 138 valence electrons. The van der Waals surface area contributed by atoms with Gasteiger partial charge in [0.2, 0.25) is 0 Å². The number of carboxylic acid groups (broad SMARTS) is 1. The highest BCUT2D eigenvalue weighted by Crippen LogP contribution is 2.39. The second-order valence-electron chi connectivity index (χ2n) is 7.38. The van der Waals surface area contributed by atoms with Gasteiger partial charge >= 0.3 is 5.97 Å². The zero-order valence-electron chi connectivity index (χ0n) is 15.4. The number of pyridine rings is 1. The largest absolute Gasteiger partial charge is 0.477 e. The Balaban J connectivity index is 1.75. The lowest BCUT2D eigenvalue weighted by Gasteiger charge is -2.25. The number of carboxylic acids is 1. The third-order valence-corrected chi connectivity index (χ3v) is 5.69. The number of aromatic nitrogens is 2. The summed E-state index contributed by atoms with van der Waals surface area (Å²) in [6.07, 6.45) is 5.41. The van der Waals surface area contributed by atoms with Gasteiger partial charge in [-0.05, 0) is 60.2 Å². The number of benzene rings is 2. The first-order chi connectivity index (χ1) is 13.7. The zero-order valence-corrected chi connectivity index (χ0v) is 15.4. The van der Waals surface area contributed by atoms with Gasteiger partial charge in [0.1, 0.15) is 5.69 Å². The van der Waals surface area contributed by atoms with Crippen LogP contribution in [-0.2, 0) is 0 Å². The lowest BCUT2D eigenvalue weighted by atomic mass is 9.80. The molecule has 28 heavy (non-hydrogen) atoms. The minimum Gasteiger partial charge on any atom is -0.477 e. The molecule has 2 aromatic carbocycles. The van der Waals surface area contributed by atoms with Crippen molar-refractivity contribution >= 4 is 16.9 Å². The SMILES string of the molecule is O=C(O)c1cc(-n2c(-c3ccccc3)cc3cc(C4CCC4)ccc32)ccn1. The molecule has 0 unspecified atom stereocenters. The smallest absolute Gasteiger partial charge is 0.354 e. The Morgan fingerprint density at radius 3 is 2.54 bits per heavy atom. The second kappa shape index (κ2) is 6.64. The predicted octanol–water partition coefficient (Wildman–Crippen LogP) is 5.66. The zero-order chi connectivity index (χ0) is 19.1. The van der Waals surface area contributed by atoms with Gasteiger partial charge in [-0.25, -0.2) is 9.78 Å². The third-order valence-electron chi connectivity index (χ3n) is 5.69. The molecule has 1 fully saturated rings. The number of aromatic carboxylic acids is 1. The average Bonchev–Trinajstić information content (AvgIpc) is 3.06. The van der Waals surface area contributed by atoms with Crippen molar-refractivity contribution in [3.05, 3.63) is 84.2 Å². The van der Waals surface area contributed by atoms with Gasteiger partial charge in [-0.1, -0.05) is 42.8 Å². The Bertz CT molecular complexity index is 1170. The van der Waals surface area contributed by atoms with E-state index in [4.69, 9.17) is 0 Å². The van der Waals surface area contributed by atoms with Crippen LogP contribution in [0, 0.1) is 0 Å². The fourth-order valence-electron chi connectivity index (χ4n) is 4.00. The van der Waals surface area contributed by atoms with E-state index in [-0.39, 0.29) is 5.69 Å². The molecule has 0 bridgehead atoms. The highest BCUT2D eigenvalue weighted by molar-refractivity contribution is 5.91. The van der Waals surface area contributed by atoms with E-state index in [1.54, 1.807) is 12.3 Å². The highest BCUT2D eigenvalue weighted by atomic mass is 16.4. The van der Waals surface area contributed by atoms with Crippen molar-refractivity contribution in [3.8, 4) is 16.9 Å². The minimum absolute atomic E-state index is 0.0458. The third kappa shape index (κ3) is 2.78. The lowest BCUT2D eigenvalue weighted by molar-refractivity contribution is 0.0690. The molecule has 5 rings (SSSR count). The van der Waals surface area contributed by atoms with Crippen molar-refractivity contribution in [2.75, 3.05) is 0 Å². The van der Waals surface area contributed by atoms with Gasteiger partial charge in [0.15, 0.2) is 0 Å². The van der Waals surface area contributed by atoms with Gasteiger partial charge in [-0.3, -0.25) is 0 Å². The summed E-state index contributed by atoms with van der Waals surface area (Å²) in [6.45, 7) is 0. The highest BCUT2D eigenvalue weighted by Gasteiger charge is 2.21. The van der Waals surface area contributed by atoms with Crippen LogP contribution < -0.4 is 0 Å². The van der Waals surface area contributed by atoms with Crippen LogP contribution in [0.4, 0.5) is 0 Å². The van der Waals surface area contributed by atoms with Crippen LogP contribution >= 0.6 is 0 Å². The molecule has 4 heteroatoms. The van der Waals surface area contributed by atoms with Gasteiger partial charge in [0.05, 0.1) is 16.9 Å². The fourth-order valence-corrected chi connectivity index (χ4v) is 4.00. The molecule has 1 N–H and O–H groups in total. The summed E-state index contributed by atoms with van der Waals surface area (Å²) in [4.78, 5) is 15.4. The minimum atomic E-state index is -1.02. The first-order valence-electron chi connectivity index (χ1n) is 9.61. The predicted molar refractivity (Wildman–Crippen MR) is 110 cm³/mol. The quantitative estimate of drug-likeness (QED) is 0.506. The number of hydrogen-bond acceptors (Lipinski definition) is 2. The number of hydrogen-bond donors (Lipinski definition) is 1. The standard InChI is InChI=1S/C24H20N2O2/c27-24(28)21-15-20(11-12-25-21)26-22-10-9-18(16-7-4-8-16)13-19(22)14-23(26)17-5-2-1-3-6-17/h1-3,5-6,9-16H,4,7-8H2,(H,27,28). The van der Waals surface area contributed by atoms with Crippen LogP contribution in [0.3, 0.4) is 0 Å². The van der Waals surface area contributed by atoms with E-state index < -0.39 is 5.97 Å². The van der Waals surface area contributed by atoms with Crippen molar-refractivity contribution in [2.24, 2.45) is 0 Å². The number of nitrogens with zero attached hydrogens (tertiary/aromatic N) is 2. The summed E-state index contributed by atoms with van der Waals surface area (Å²) >= 11 is 0. The second-order valence-corrected chi connectivity index (χ2v) is 7.38. The van der Waals surface area contributed by atoms with E-state index in [9.17, 15) is 9.90 Å². The molecule has 0 saturated heterocycles. The molecule has 1 saturated carbocycles. The molecule has 0 atom stereocenters. The van der Waals surface area contributed by atoms with E-state index in [1.807, 2.05) is 24.3 Å². The summed E-state index contributed by atoms with van der Waals surface area (Å²) < 4.78 is 2.13. The average molecular weight is 368 g/mol. The van der Waals surface area contributed by atoms with E-state index in [2.05, 4.69) is 45.9 Å². The molecule has 0 radical (unpaired) electrons. The first-order valence-corrected chi connectivity index (χ1v) is 9.61. The van der Waals surface area contributed by atoms with Crippen LogP contribution in [0.1, 0.15) is 41.2 Å². The maximum Gasteiger partial charge on any atom is 0.354 e. The Morgan fingerprint density at radius 2 is 1.82 bits per heavy atom. The van der Waals surface area contributed by atoms with Gasteiger partial charge in [-0.15, -0.1) is 0 Å². The molecular weight excluding hydrogens is 348 g/mol. The van der Waals surface area contributed by atoms with Crippen molar-refractivity contribution in [1.29, 1.82) is 0 Å². The van der Waals surface area contributed by atoms with Crippen LogP contribution in [0.5, 0.6) is 0 Å². The van der Waals surface area contributed by atoms with Crippen LogP contribution in [0.2, 0.25) is 0 Å². The van der Waals surface area contributed by atoms with Gasteiger partial charge < -0.3 is 9.67 Å². The summed E-state index contributed by atoms with van der Waals surface area (Å²) in [5.41, 5.74) is 5.46. The van der Waals surface area contributed by atoms with E-state index in [0.29, 0.717) is 5.92 Å². The molecule has 0 amide bonds. The van der Waals surface area contributed by atoms with Gasteiger partial charge in [-0.2, -0.15) is 0 Å². The molecule has 0 spiro atoms. The molecule has 4 aromatic rings. The van der Waals surface area contributed by atoms with E-state index in [0.717, 1.165) is 22.5 Å². The molecule has 1 aliphatic carbocycles. The fraction of sp³-hybridized carbons (Fsp3) is 0.167. The maximum atomic E-state index is 11.4. The first kappa shape index (κ1) is 16.8. The number of fused-ring (bicyclic) bond motifs is 1. The number of carbonyl (C=O) groups is 1. The Morgan fingerprint density at radius 1 is 1.00 bits per heavy atom. The normalized spacial score (nSPS) is 14.1. The van der Waals surface area contributed by atoms with E-state index >= 15 is 0 Å². The van der Waals surface area contributed by atoms with Crippen molar-refractivity contribution in [1.82, 2.24) is 9.55 Å². The summed E-state index contributed by atoms with van der Waals surface area (Å²) in [6, 6.07) is 22.6. The molecular formula is C24H20N2O2. The summed E-state index contributed by atoms with van der Waals surface area (Å²) in [7, 11) is 0. The van der Waals surface area contributed by atoms with Crippen LogP contribution in [0.15, 0.2) is 72.9 Å². The Labute approximate surface area is 163 Å². The van der Waals surface area contributed by atoms with Gasteiger partial charge in [0, 0.05) is 11.6 Å². The van der Waals surface area contributed by atoms with Crippen molar-refractivity contribution in [2.45, 2.75) is 25.2 Å². The van der Waals surface area contributed by atoms with Crippen molar-refractivity contribution in [3.63, 3.8) is 0 Å². The molecule has 0 aliphatic heterocycles. The Hall–Kier alpha value is -3.40. The van der Waals surface area contributed by atoms with Crippen LogP contribution in [0.25, 0.3) is 27.8 Å². The van der Waals surface area contributed by atoms with Crippen LogP contribution in [-0.4, -0.2) is 20.6 Å². The topological polar surface area (TPSA) is 55.1 Å². The molecule has 1 aliphatic rings.